The van der Waals surface area contributed by atoms with E-state index >= 15 is 0 Å². The maximum absolute atomic E-state index is 5.84. The first-order valence-corrected chi connectivity index (χ1v) is 4.32. The molecule has 1 aliphatic carbocycles. The second-order valence-electron chi connectivity index (χ2n) is 3.67. The van der Waals surface area contributed by atoms with Crippen LogP contribution in [0.4, 0.5) is 0 Å². The van der Waals surface area contributed by atoms with Crippen LogP contribution < -0.4 is 5.32 Å². The molecule has 1 N–H and O–H groups in total. The number of nitrogens with one attached hydrogen (secondary N) is 1. The normalized spacial score (nSPS) is 27.5. The minimum Gasteiger partial charge on any atom is -0.488 e. The summed E-state index contributed by atoms with van der Waals surface area (Å²) < 4.78 is 5.84. The quantitative estimate of drug-likeness (QED) is 0.572. The fourth-order valence-electron chi connectivity index (χ4n) is 1.71. The van der Waals surface area contributed by atoms with E-state index in [0.717, 1.165) is 12.3 Å². The van der Waals surface area contributed by atoms with E-state index in [1.165, 1.54) is 25.0 Å². The van der Waals surface area contributed by atoms with Gasteiger partial charge in [0.2, 0.25) is 0 Å². The Bertz CT molecular complexity index is 204. The smallest absolute Gasteiger partial charge is 0.126 e. The minimum absolute atomic E-state index is 0.184. The van der Waals surface area contributed by atoms with Gasteiger partial charge in [0.15, 0.2) is 0 Å². The molecule has 1 heterocycles. The van der Waals surface area contributed by atoms with Gasteiger partial charge in [0.1, 0.15) is 11.4 Å². The van der Waals surface area contributed by atoms with Crippen molar-refractivity contribution in [2.24, 2.45) is 0 Å². The number of hydrogen-bond donors (Lipinski definition) is 1. The standard InChI is InChI=1S/C9H15NO/c1-7-8(2)11-9(6-10-7)4-3-5-9/h10H,3-6H2,1-2H3. The van der Waals surface area contributed by atoms with Crippen molar-refractivity contribution in [3.63, 3.8) is 0 Å². The molecule has 1 saturated carbocycles. The van der Waals surface area contributed by atoms with Crippen molar-refractivity contribution in [2.45, 2.75) is 38.7 Å². The highest BCUT2D eigenvalue weighted by atomic mass is 16.5. The van der Waals surface area contributed by atoms with E-state index in [4.69, 9.17) is 4.74 Å². The predicted octanol–water partition coefficient (Wildman–Crippen LogP) is 1.78. The highest BCUT2D eigenvalue weighted by Crippen LogP contribution is 2.39. The van der Waals surface area contributed by atoms with Crippen LogP contribution in [0.5, 0.6) is 0 Å². The van der Waals surface area contributed by atoms with Crippen LogP contribution in [0, 0.1) is 0 Å². The van der Waals surface area contributed by atoms with Crippen LogP contribution in [0.15, 0.2) is 11.5 Å². The first kappa shape index (κ1) is 7.01. The van der Waals surface area contributed by atoms with Crippen molar-refractivity contribution in [1.29, 1.82) is 0 Å². The van der Waals surface area contributed by atoms with E-state index in [1.54, 1.807) is 0 Å². The fraction of sp³-hybridized carbons (Fsp3) is 0.778. The molecular formula is C9H15NO. The molecule has 0 amide bonds. The molecule has 1 aliphatic heterocycles. The average molecular weight is 153 g/mol. The van der Waals surface area contributed by atoms with Gasteiger partial charge < -0.3 is 10.1 Å². The zero-order valence-corrected chi connectivity index (χ0v) is 7.24. The maximum Gasteiger partial charge on any atom is 0.126 e. The molecule has 0 aromatic rings. The van der Waals surface area contributed by atoms with Crippen molar-refractivity contribution >= 4 is 0 Å². The molecule has 0 unspecified atom stereocenters. The zero-order chi connectivity index (χ0) is 7.90. The van der Waals surface area contributed by atoms with Crippen molar-refractivity contribution in [3.8, 4) is 0 Å². The van der Waals surface area contributed by atoms with Gasteiger partial charge in [-0.3, -0.25) is 0 Å². The molecule has 0 atom stereocenters. The Morgan fingerprint density at radius 1 is 1.36 bits per heavy atom. The van der Waals surface area contributed by atoms with E-state index in [1.807, 2.05) is 6.92 Å². The van der Waals surface area contributed by atoms with Crippen molar-refractivity contribution in [3.05, 3.63) is 11.5 Å². The van der Waals surface area contributed by atoms with Gasteiger partial charge in [0.25, 0.3) is 0 Å². The number of hydrogen-bond acceptors (Lipinski definition) is 2. The Balaban J connectivity index is 2.12. The van der Waals surface area contributed by atoms with Gasteiger partial charge in [0, 0.05) is 5.70 Å². The van der Waals surface area contributed by atoms with Gasteiger partial charge >= 0.3 is 0 Å². The molecular weight excluding hydrogens is 138 g/mol. The lowest BCUT2D eigenvalue weighted by atomic mass is 9.79. The average Bonchev–Trinajstić information content (AvgIpc) is 1.92. The Morgan fingerprint density at radius 2 is 2.09 bits per heavy atom. The molecule has 1 fully saturated rings. The fourth-order valence-corrected chi connectivity index (χ4v) is 1.71. The van der Waals surface area contributed by atoms with E-state index in [9.17, 15) is 0 Å². The highest BCUT2D eigenvalue weighted by molar-refractivity contribution is 5.11. The molecule has 2 nitrogen and oxygen atoms in total. The summed E-state index contributed by atoms with van der Waals surface area (Å²) in [5.74, 6) is 1.08. The Labute approximate surface area is 67.6 Å². The molecule has 2 heteroatoms. The third-order valence-electron chi connectivity index (χ3n) is 2.84. The van der Waals surface area contributed by atoms with Gasteiger partial charge in [0.05, 0.1) is 6.54 Å². The van der Waals surface area contributed by atoms with Crippen LogP contribution in [0.1, 0.15) is 33.1 Å². The summed E-state index contributed by atoms with van der Waals surface area (Å²) in [4.78, 5) is 0. The van der Waals surface area contributed by atoms with Crippen LogP contribution in [0.25, 0.3) is 0 Å². The van der Waals surface area contributed by atoms with Crippen LogP contribution in [-0.4, -0.2) is 12.1 Å². The third kappa shape index (κ3) is 1.01. The highest BCUT2D eigenvalue weighted by Gasteiger charge is 2.41. The van der Waals surface area contributed by atoms with Crippen LogP contribution >= 0.6 is 0 Å². The van der Waals surface area contributed by atoms with E-state index in [0.29, 0.717) is 0 Å². The van der Waals surface area contributed by atoms with Gasteiger partial charge in [-0.15, -0.1) is 0 Å². The molecule has 1 spiro atoms. The van der Waals surface area contributed by atoms with E-state index < -0.39 is 0 Å². The molecule has 0 saturated heterocycles. The number of ether oxygens (including phenoxy) is 1. The van der Waals surface area contributed by atoms with Crippen molar-refractivity contribution < 1.29 is 4.74 Å². The molecule has 62 valence electrons. The number of rotatable bonds is 0. The molecule has 2 aliphatic rings. The molecule has 0 bridgehead atoms. The van der Waals surface area contributed by atoms with Crippen molar-refractivity contribution in [1.82, 2.24) is 5.32 Å². The van der Waals surface area contributed by atoms with Crippen molar-refractivity contribution in [2.75, 3.05) is 6.54 Å². The van der Waals surface area contributed by atoms with Gasteiger partial charge in [-0.1, -0.05) is 0 Å². The molecule has 0 radical (unpaired) electrons. The summed E-state index contributed by atoms with van der Waals surface area (Å²) in [5.41, 5.74) is 1.38. The topological polar surface area (TPSA) is 21.3 Å². The van der Waals surface area contributed by atoms with E-state index in [-0.39, 0.29) is 5.60 Å². The SMILES string of the molecule is CC1=C(C)OC2(CCC2)CN1. The summed E-state index contributed by atoms with van der Waals surface area (Å²) in [5, 5.41) is 3.38. The summed E-state index contributed by atoms with van der Waals surface area (Å²) in [6, 6.07) is 0. The van der Waals surface area contributed by atoms with E-state index in [2.05, 4.69) is 12.2 Å². The first-order valence-electron chi connectivity index (χ1n) is 4.32. The minimum atomic E-state index is 0.184. The predicted molar refractivity (Wildman–Crippen MR) is 44.0 cm³/mol. The second kappa shape index (κ2) is 2.16. The van der Waals surface area contributed by atoms with Gasteiger partial charge in [-0.05, 0) is 33.1 Å². The Kier molecular flexibility index (Phi) is 1.38. The van der Waals surface area contributed by atoms with Gasteiger partial charge in [-0.2, -0.15) is 0 Å². The lowest BCUT2D eigenvalue weighted by molar-refractivity contribution is -0.0697. The summed E-state index contributed by atoms with van der Waals surface area (Å²) >= 11 is 0. The van der Waals surface area contributed by atoms with Gasteiger partial charge in [-0.25, -0.2) is 0 Å². The lowest BCUT2D eigenvalue weighted by Crippen LogP contribution is -2.51. The summed E-state index contributed by atoms with van der Waals surface area (Å²) in [6.07, 6.45) is 3.78. The molecule has 0 aromatic heterocycles. The summed E-state index contributed by atoms with van der Waals surface area (Å²) in [7, 11) is 0. The maximum atomic E-state index is 5.84. The number of allylic oxidation sites excluding steroid dienone is 2. The second-order valence-corrected chi connectivity index (χ2v) is 3.67. The molecule has 11 heavy (non-hydrogen) atoms. The third-order valence-corrected chi connectivity index (χ3v) is 2.84. The lowest BCUT2D eigenvalue weighted by Gasteiger charge is -2.45. The van der Waals surface area contributed by atoms with Crippen LogP contribution in [-0.2, 0) is 4.74 Å². The molecule has 2 rings (SSSR count). The van der Waals surface area contributed by atoms with Crippen LogP contribution in [0.3, 0.4) is 0 Å². The van der Waals surface area contributed by atoms with Crippen LogP contribution in [0.2, 0.25) is 0 Å². The molecule has 0 aromatic carbocycles. The Hall–Kier alpha value is -0.660. The summed E-state index contributed by atoms with van der Waals surface area (Å²) in [6.45, 7) is 5.12. The Morgan fingerprint density at radius 3 is 2.55 bits per heavy atom. The first-order chi connectivity index (χ1) is 5.22. The zero-order valence-electron chi connectivity index (χ0n) is 7.24. The largest absolute Gasteiger partial charge is 0.488 e. The monoisotopic (exact) mass is 153 g/mol.